The number of aliphatic carboxylic acids is 1. The van der Waals surface area contributed by atoms with Crippen molar-refractivity contribution in [2.75, 3.05) is 25.0 Å². The van der Waals surface area contributed by atoms with Gasteiger partial charge in [0.1, 0.15) is 5.65 Å². The van der Waals surface area contributed by atoms with Crippen LogP contribution in [0, 0.1) is 16.6 Å². The van der Waals surface area contributed by atoms with E-state index in [1.165, 1.54) is 6.20 Å². The molecule has 1 amide bonds. The zero-order valence-corrected chi connectivity index (χ0v) is 21.3. The number of amides is 1. The summed E-state index contributed by atoms with van der Waals surface area (Å²) >= 11 is 6.09. The van der Waals surface area contributed by atoms with E-state index in [0.29, 0.717) is 41.7 Å². The SMILES string of the molecule is CC(C)(CC(=O)O)CC(=O)N1CCC[C@@](C)(CNc2nc(-c3c[nH]c4ncc(Cl)cc34)ncc2F)C1. The minimum Gasteiger partial charge on any atom is -0.481 e. The van der Waals surface area contributed by atoms with Gasteiger partial charge >= 0.3 is 5.97 Å². The molecule has 0 unspecified atom stereocenters. The van der Waals surface area contributed by atoms with Gasteiger partial charge in [0.2, 0.25) is 5.91 Å². The first-order valence-electron chi connectivity index (χ1n) is 11.8. The Morgan fingerprint density at radius 2 is 2.08 bits per heavy atom. The lowest BCUT2D eigenvalue weighted by Gasteiger charge is -2.41. The summed E-state index contributed by atoms with van der Waals surface area (Å²) in [6.07, 6.45) is 6.14. The van der Waals surface area contributed by atoms with Crippen molar-refractivity contribution >= 4 is 40.3 Å². The number of nitrogens with zero attached hydrogens (tertiary/aromatic N) is 4. The number of likely N-dealkylation sites (tertiary alicyclic amines) is 1. The number of nitrogens with one attached hydrogen (secondary N) is 2. The number of anilines is 1. The summed E-state index contributed by atoms with van der Waals surface area (Å²) in [5.41, 5.74) is 0.355. The number of aromatic nitrogens is 4. The van der Waals surface area contributed by atoms with E-state index in [4.69, 9.17) is 16.7 Å². The Labute approximate surface area is 213 Å². The second-order valence-corrected chi connectivity index (χ2v) is 11.1. The lowest BCUT2D eigenvalue weighted by atomic mass is 9.80. The Morgan fingerprint density at radius 1 is 1.31 bits per heavy atom. The Balaban J connectivity index is 1.46. The average molecular weight is 517 g/mol. The second kappa shape index (κ2) is 10.0. The fourth-order valence-corrected chi connectivity index (χ4v) is 4.90. The summed E-state index contributed by atoms with van der Waals surface area (Å²) in [6.45, 7) is 7.15. The van der Waals surface area contributed by atoms with Gasteiger partial charge in [0, 0.05) is 54.8 Å². The number of piperidine rings is 1. The topological polar surface area (TPSA) is 124 Å². The fourth-order valence-electron chi connectivity index (χ4n) is 4.75. The molecule has 11 heteroatoms. The summed E-state index contributed by atoms with van der Waals surface area (Å²) in [7, 11) is 0. The van der Waals surface area contributed by atoms with E-state index in [1.54, 1.807) is 31.0 Å². The molecule has 36 heavy (non-hydrogen) atoms. The van der Waals surface area contributed by atoms with Crippen LogP contribution in [0.5, 0.6) is 0 Å². The molecule has 3 aromatic heterocycles. The van der Waals surface area contributed by atoms with Gasteiger partial charge in [0.05, 0.1) is 17.6 Å². The molecule has 3 N–H and O–H groups in total. The second-order valence-electron chi connectivity index (χ2n) is 10.6. The van der Waals surface area contributed by atoms with Gasteiger partial charge in [-0.15, -0.1) is 0 Å². The van der Waals surface area contributed by atoms with Crippen molar-refractivity contribution in [1.82, 2.24) is 24.8 Å². The first kappa shape index (κ1) is 25.8. The standard InChI is InChI=1S/C25H30ClFN6O3/c1-24(2,9-20(35)36)8-19(34)33-6-4-5-25(3,14-33)13-31-23-18(27)12-30-22(32-23)17-11-29-21-16(17)7-15(26)10-28-21/h7,10-12H,4-6,8-9,13-14H2,1-3H3,(H,28,29)(H,35,36)(H,30,31,32)/t25-/m0/s1. The van der Waals surface area contributed by atoms with Crippen molar-refractivity contribution in [3.05, 3.63) is 35.5 Å². The maximum Gasteiger partial charge on any atom is 0.303 e. The highest BCUT2D eigenvalue weighted by Crippen LogP contribution is 2.33. The molecule has 4 heterocycles. The minimum absolute atomic E-state index is 0.0608. The number of carboxylic acids is 1. The molecule has 4 rings (SSSR count). The van der Waals surface area contributed by atoms with Gasteiger partial charge in [-0.25, -0.2) is 19.3 Å². The Morgan fingerprint density at radius 3 is 2.83 bits per heavy atom. The summed E-state index contributed by atoms with van der Waals surface area (Å²) in [4.78, 5) is 41.7. The summed E-state index contributed by atoms with van der Waals surface area (Å²) < 4.78 is 14.6. The molecular formula is C25H30ClFN6O3. The van der Waals surface area contributed by atoms with Gasteiger partial charge in [-0.2, -0.15) is 0 Å². The van der Waals surface area contributed by atoms with Gasteiger partial charge in [0.25, 0.3) is 0 Å². The van der Waals surface area contributed by atoms with Crippen LogP contribution < -0.4 is 5.32 Å². The zero-order valence-electron chi connectivity index (χ0n) is 20.6. The lowest BCUT2D eigenvalue weighted by Crippen LogP contribution is -2.48. The lowest BCUT2D eigenvalue weighted by molar-refractivity contribution is -0.141. The molecule has 0 spiro atoms. The molecule has 0 saturated carbocycles. The van der Waals surface area contributed by atoms with E-state index in [0.717, 1.165) is 24.4 Å². The molecule has 3 aromatic rings. The van der Waals surface area contributed by atoms with Gasteiger partial charge < -0.3 is 20.3 Å². The Hall–Kier alpha value is -3.27. The third-order valence-corrected chi connectivity index (χ3v) is 6.77. The molecular weight excluding hydrogens is 487 g/mol. The number of rotatable bonds is 8. The summed E-state index contributed by atoms with van der Waals surface area (Å²) in [6, 6.07) is 1.75. The van der Waals surface area contributed by atoms with Crippen molar-refractivity contribution in [3.8, 4) is 11.4 Å². The molecule has 1 aliphatic heterocycles. The monoisotopic (exact) mass is 516 g/mol. The summed E-state index contributed by atoms with van der Waals surface area (Å²) in [5, 5.41) is 13.4. The number of aromatic amines is 1. The zero-order chi connectivity index (χ0) is 26.1. The molecule has 9 nitrogen and oxygen atoms in total. The number of carboxylic acid groups (broad SMARTS) is 1. The van der Waals surface area contributed by atoms with Crippen LogP contribution in [-0.4, -0.2) is 61.5 Å². The first-order valence-corrected chi connectivity index (χ1v) is 12.2. The largest absolute Gasteiger partial charge is 0.481 e. The predicted octanol–water partition coefficient (Wildman–Crippen LogP) is 4.74. The van der Waals surface area contributed by atoms with Crippen molar-refractivity contribution in [2.45, 2.75) is 46.5 Å². The van der Waals surface area contributed by atoms with Crippen LogP contribution in [0.4, 0.5) is 10.2 Å². The molecule has 0 aromatic carbocycles. The van der Waals surface area contributed by atoms with Crippen LogP contribution in [-0.2, 0) is 9.59 Å². The highest BCUT2D eigenvalue weighted by Gasteiger charge is 2.35. The normalized spacial score (nSPS) is 18.4. The molecule has 1 saturated heterocycles. The summed E-state index contributed by atoms with van der Waals surface area (Å²) in [5.74, 6) is -1.14. The van der Waals surface area contributed by atoms with Gasteiger partial charge in [0.15, 0.2) is 17.5 Å². The van der Waals surface area contributed by atoms with Gasteiger partial charge in [-0.1, -0.05) is 32.4 Å². The van der Waals surface area contributed by atoms with Crippen molar-refractivity contribution in [1.29, 1.82) is 0 Å². The Kier molecular flexibility index (Phi) is 7.17. The highest BCUT2D eigenvalue weighted by molar-refractivity contribution is 6.31. The number of pyridine rings is 1. The molecule has 0 bridgehead atoms. The van der Waals surface area contributed by atoms with E-state index >= 15 is 0 Å². The van der Waals surface area contributed by atoms with E-state index in [-0.39, 0.29) is 30.0 Å². The molecule has 0 aliphatic carbocycles. The smallest absolute Gasteiger partial charge is 0.303 e. The first-order chi connectivity index (χ1) is 16.9. The van der Waals surface area contributed by atoms with Crippen LogP contribution in [0.3, 0.4) is 0 Å². The van der Waals surface area contributed by atoms with Crippen LogP contribution in [0.15, 0.2) is 24.7 Å². The number of carbonyl (C=O) groups is 2. The molecule has 0 radical (unpaired) electrons. The predicted molar refractivity (Wildman–Crippen MR) is 135 cm³/mol. The fraction of sp³-hybridized carbons (Fsp3) is 0.480. The molecule has 1 fully saturated rings. The van der Waals surface area contributed by atoms with Crippen LogP contribution in [0.25, 0.3) is 22.4 Å². The van der Waals surface area contributed by atoms with E-state index in [1.807, 2.05) is 0 Å². The van der Waals surface area contributed by atoms with E-state index < -0.39 is 17.2 Å². The maximum atomic E-state index is 14.6. The van der Waals surface area contributed by atoms with Crippen LogP contribution in [0.2, 0.25) is 5.02 Å². The van der Waals surface area contributed by atoms with Gasteiger partial charge in [-0.3, -0.25) is 9.59 Å². The third-order valence-electron chi connectivity index (χ3n) is 6.56. The maximum absolute atomic E-state index is 14.6. The molecule has 192 valence electrons. The highest BCUT2D eigenvalue weighted by atomic mass is 35.5. The molecule has 1 aliphatic rings. The number of carbonyl (C=O) groups excluding carboxylic acids is 1. The number of H-pyrrole nitrogens is 1. The Bertz CT molecular complexity index is 1300. The van der Waals surface area contributed by atoms with Crippen LogP contribution >= 0.6 is 11.6 Å². The number of hydrogen-bond donors (Lipinski definition) is 3. The number of hydrogen-bond acceptors (Lipinski definition) is 6. The average Bonchev–Trinajstić information content (AvgIpc) is 3.20. The minimum atomic E-state index is -0.918. The van der Waals surface area contributed by atoms with E-state index in [2.05, 4.69) is 32.2 Å². The number of fused-ring (bicyclic) bond motifs is 1. The van der Waals surface area contributed by atoms with E-state index in [9.17, 15) is 14.0 Å². The quantitative estimate of drug-likeness (QED) is 0.395. The van der Waals surface area contributed by atoms with Crippen molar-refractivity contribution < 1.29 is 19.1 Å². The van der Waals surface area contributed by atoms with Crippen molar-refractivity contribution in [2.24, 2.45) is 10.8 Å². The van der Waals surface area contributed by atoms with Gasteiger partial charge in [-0.05, 0) is 24.3 Å². The molecule has 1 atom stereocenters. The third kappa shape index (κ3) is 5.92. The number of halogens is 2. The van der Waals surface area contributed by atoms with Crippen LogP contribution in [0.1, 0.15) is 46.5 Å². The van der Waals surface area contributed by atoms with Crippen molar-refractivity contribution in [3.63, 3.8) is 0 Å².